The van der Waals surface area contributed by atoms with Gasteiger partial charge in [0.1, 0.15) is 34.3 Å². The molecule has 0 amide bonds. The molecule has 1 N–H and O–H groups in total. The van der Waals surface area contributed by atoms with Crippen LogP contribution in [0.1, 0.15) is 15.9 Å². The first-order valence-corrected chi connectivity index (χ1v) is 8.57. The molecule has 0 aliphatic rings. The van der Waals surface area contributed by atoms with Crippen molar-refractivity contribution in [3.8, 4) is 28.7 Å². The fourth-order valence-electron chi connectivity index (χ4n) is 2.45. The van der Waals surface area contributed by atoms with Crippen molar-refractivity contribution in [2.45, 2.75) is 0 Å². The van der Waals surface area contributed by atoms with Gasteiger partial charge in [-0.1, -0.05) is 17.7 Å². The minimum Gasteiger partial charge on any atom is -0.507 e. The van der Waals surface area contributed by atoms with Crippen LogP contribution < -0.4 is 18.9 Å². The van der Waals surface area contributed by atoms with Crippen molar-refractivity contribution in [1.82, 2.24) is 0 Å². The molecule has 0 unspecified atom stereocenters. The highest BCUT2D eigenvalue weighted by Crippen LogP contribution is 2.34. The van der Waals surface area contributed by atoms with Gasteiger partial charge in [-0.3, -0.25) is 4.79 Å². The Balaban J connectivity index is 2.28. The summed E-state index contributed by atoms with van der Waals surface area (Å²) in [5.74, 6) is 1.09. The Morgan fingerprint density at radius 3 is 2.00 bits per heavy atom. The van der Waals surface area contributed by atoms with E-state index in [9.17, 15) is 9.90 Å². The normalized spacial score (nSPS) is 11.4. The number of hydrogen-bond acceptors (Lipinski definition) is 6. The summed E-state index contributed by atoms with van der Waals surface area (Å²) >= 11 is 6.32. The van der Waals surface area contributed by atoms with Gasteiger partial charge in [0.2, 0.25) is 0 Å². The Hall–Kier alpha value is -3.12. The first-order valence-electron chi connectivity index (χ1n) is 8.20. The van der Waals surface area contributed by atoms with E-state index in [-0.39, 0.29) is 17.1 Å². The largest absolute Gasteiger partial charge is 0.507 e. The van der Waals surface area contributed by atoms with Crippen molar-refractivity contribution < 1.29 is 28.8 Å². The van der Waals surface area contributed by atoms with E-state index >= 15 is 0 Å². The molecule has 2 aromatic rings. The van der Waals surface area contributed by atoms with Crippen molar-refractivity contribution in [3.05, 3.63) is 59.7 Å². The number of ketones is 1. The Morgan fingerprint density at radius 2 is 1.46 bits per heavy atom. The maximum atomic E-state index is 12.5. The smallest absolute Gasteiger partial charge is 0.193 e. The van der Waals surface area contributed by atoms with Gasteiger partial charge in [0.15, 0.2) is 5.78 Å². The third-order valence-corrected chi connectivity index (χ3v) is 4.22. The molecule has 0 aliphatic heterocycles. The molecule has 0 heterocycles. The second-order valence-electron chi connectivity index (χ2n) is 5.56. The van der Waals surface area contributed by atoms with Gasteiger partial charge >= 0.3 is 0 Å². The second-order valence-corrected chi connectivity index (χ2v) is 5.97. The molecule has 0 saturated heterocycles. The number of aromatic hydroxyl groups is 1. The van der Waals surface area contributed by atoms with E-state index in [0.29, 0.717) is 27.8 Å². The third-order valence-electron chi connectivity index (χ3n) is 3.87. The van der Waals surface area contributed by atoms with Crippen molar-refractivity contribution in [2.24, 2.45) is 0 Å². The summed E-state index contributed by atoms with van der Waals surface area (Å²) in [6, 6.07) is 8.08. The fraction of sp³-hybridized carbons (Fsp3) is 0.190. The summed E-state index contributed by atoms with van der Waals surface area (Å²) in [6.07, 6.45) is 4.32. The summed E-state index contributed by atoms with van der Waals surface area (Å²) in [5, 5.41) is 10.5. The highest BCUT2D eigenvalue weighted by Gasteiger charge is 2.17. The van der Waals surface area contributed by atoms with Gasteiger partial charge in [0.25, 0.3) is 0 Å². The van der Waals surface area contributed by atoms with E-state index in [4.69, 9.17) is 30.5 Å². The van der Waals surface area contributed by atoms with E-state index in [0.717, 1.165) is 0 Å². The predicted molar refractivity (Wildman–Crippen MR) is 108 cm³/mol. The molecule has 0 spiro atoms. The topological polar surface area (TPSA) is 74.2 Å². The van der Waals surface area contributed by atoms with Gasteiger partial charge in [0.05, 0.1) is 28.4 Å². The van der Waals surface area contributed by atoms with Gasteiger partial charge in [0, 0.05) is 28.8 Å². The van der Waals surface area contributed by atoms with Crippen LogP contribution in [-0.2, 0) is 0 Å². The zero-order valence-electron chi connectivity index (χ0n) is 16.0. The van der Waals surface area contributed by atoms with Crippen LogP contribution in [0.5, 0.6) is 28.7 Å². The van der Waals surface area contributed by atoms with E-state index in [1.165, 1.54) is 38.5 Å². The molecule has 0 saturated carbocycles. The van der Waals surface area contributed by atoms with E-state index in [1.54, 1.807) is 38.5 Å². The molecule has 0 atom stereocenters. The zero-order chi connectivity index (χ0) is 20.7. The van der Waals surface area contributed by atoms with Gasteiger partial charge in [-0.25, -0.2) is 0 Å². The van der Waals surface area contributed by atoms with Crippen molar-refractivity contribution >= 4 is 22.4 Å². The number of phenols is 1. The standard InChI is InChI=1S/C21H21ClO6/c1-25-14-8-13(9-15(10-14)26-2)17(22)6-5-7-18(23)21-19(24)11-16(27-3)12-20(21)28-4/h5-12,24H,1-4H3/b7-5+,17-6-. The second kappa shape index (κ2) is 9.71. The Kier molecular flexibility index (Phi) is 7.35. The molecule has 0 aromatic heterocycles. The fourth-order valence-corrected chi connectivity index (χ4v) is 2.63. The maximum Gasteiger partial charge on any atom is 0.193 e. The lowest BCUT2D eigenvalue weighted by Crippen LogP contribution is -2.00. The van der Waals surface area contributed by atoms with Crippen molar-refractivity contribution in [3.63, 3.8) is 0 Å². The highest BCUT2D eigenvalue weighted by molar-refractivity contribution is 6.49. The molecule has 148 valence electrons. The Morgan fingerprint density at radius 1 is 0.893 bits per heavy atom. The van der Waals surface area contributed by atoms with E-state index in [1.807, 2.05) is 0 Å². The van der Waals surface area contributed by atoms with Crippen LogP contribution in [0.15, 0.2) is 48.6 Å². The Labute approximate surface area is 168 Å². The maximum absolute atomic E-state index is 12.5. The lowest BCUT2D eigenvalue weighted by atomic mass is 10.1. The van der Waals surface area contributed by atoms with Gasteiger partial charge in [-0.15, -0.1) is 0 Å². The van der Waals surface area contributed by atoms with Crippen LogP contribution in [0.3, 0.4) is 0 Å². The number of halogens is 1. The highest BCUT2D eigenvalue weighted by atomic mass is 35.5. The molecule has 0 fully saturated rings. The number of carbonyl (C=O) groups excluding carboxylic acids is 1. The molecule has 0 bridgehead atoms. The van der Waals surface area contributed by atoms with Crippen molar-refractivity contribution in [1.29, 1.82) is 0 Å². The monoisotopic (exact) mass is 404 g/mol. The first-order chi connectivity index (χ1) is 13.4. The van der Waals surface area contributed by atoms with Crippen LogP contribution in [-0.4, -0.2) is 39.3 Å². The van der Waals surface area contributed by atoms with Gasteiger partial charge in [-0.2, -0.15) is 0 Å². The SMILES string of the molecule is COc1cc(OC)cc(/C(Cl)=C/C=C/C(=O)c2c(O)cc(OC)cc2OC)c1. The quantitative estimate of drug-likeness (QED) is 0.398. The van der Waals surface area contributed by atoms with Gasteiger partial charge < -0.3 is 24.1 Å². The number of benzene rings is 2. The number of methoxy groups -OCH3 is 4. The summed E-state index contributed by atoms with van der Waals surface area (Å²) in [6.45, 7) is 0. The Bertz CT molecular complexity index is 895. The number of rotatable bonds is 8. The van der Waals surface area contributed by atoms with Crippen LogP contribution in [0, 0.1) is 0 Å². The molecular formula is C21H21ClO6. The molecular weight excluding hydrogens is 384 g/mol. The third kappa shape index (κ3) is 4.98. The van der Waals surface area contributed by atoms with E-state index in [2.05, 4.69) is 0 Å². The molecule has 7 heteroatoms. The van der Waals surface area contributed by atoms with Crippen molar-refractivity contribution in [2.75, 3.05) is 28.4 Å². The predicted octanol–water partition coefficient (Wildman–Crippen LogP) is 4.45. The van der Waals surface area contributed by atoms with E-state index < -0.39 is 5.78 Å². The number of ether oxygens (including phenoxy) is 4. The molecule has 2 rings (SSSR count). The van der Waals surface area contributed by atoms with Gasteiger partial charge in [-0.05, 0) is 24.3 Å². The molecule has 0 radical (unpaired) electrons. The lowest BCUT2D eigenvalue weighted by Gasteiger charge is -2.10. The molecule has 2 aromatic carbocycles. The molecule has 28 heavy (non-hydrogen) atoms. The summed E-state index contributed by atoms with van der Waals surface area (Å²) in [7, 11) is 5.95. The minimum absolute atomic E-state index is 0.0344. The number of allylic oxidation sites excluding steroid dienone is 3. The number of phenolic OH excluding ortho intramolecular Hbond substituents is 1. The average molecular weight is 405 g/mol. The number of carbonyl (C=O) groups is 1. The van der Waals surface area contributed by atoms with Crippen LogP contribution in [0.25, 0.3) is 5.03 Å². The van der Waals surface area contributed by atoms with Crippen LogP contribution in [0.2, 0.25) is 0 Å². The first kappa shape index (κ1) is 21.2. The molecule has 6 nitrogen and oxygen atoms in total. The minimum atomic E-state index is -0.444. The summed E-state index contributed by atoms with van der Waals surface area (Å²) < 4.78 is 20.7. The molecule has 0 aliphatic carbocycles. The zero-order valence-corrected chi connectivity index (χ0v) is 16.7. The average Bonchev–Trinajstić information content (AvgIpc) is 2.72. The lowest BCUT2D eigenvalue weighted by molar-refractivity contribution is 0.104. The number of hydrogen-bond donors (Lipinski definition) is 1. The van der Waals surface area contributed by atoms with Crippen LogP contribution >= 0.6 is 11.6 Å². The summed E-state index contributed by atoms with van der Waals surface area (Å²) in [4.78, 5) is 12.5. The van der Waals surface area contributed by atoms with Crippen LogP contribution in [0.4, 0.5) is 0 Å². The summed E-state index contributed by atoms with van der Waals surface area (Å²) in [5.41, 5.74) is 0.701.